The summed E-state index contributed by atoms with van der Waals surface area (Å²) < 4.78 is 5.32. The summed E-state index contributed by atoms with van der Waals surface area (Å²) in [6.45, 7) is 2.47. The van der Waals surface area contributed by atoms with Crippen LogP contribution in [0.2, 0.25) is 0 Å². The van der Waals surface area contributed by atoms with Gasteiger partial charge in [0.25, 0.3) is 0 Å². The molecule has 2 aromatic rings. The first-order valence-electron chi connectivity index (χ1n) is 5.61. The Bertz CT molecular complexity index is 518. The monoisotopic (exact) mass is 234 g/mol. The van der Waals surface area contributed by atoms with Crippen molar-refractivity contribution in [1.82, 2.24) is 19.9 Å². The second-order valence-electron chi connectivity index (χ2n) is 4.14. The average Bonchev–Trinajstić information content (AvgIpc) is 2.95. The number of nitrogens with zero attached hydrogens (tertiary/aromatic N) is 3. The fraction of sp³-hybridized carbons (Fsp3) is 0.500. The van der Waals surface area contributed by atoms with Crippen molar-refractivity contribution in [1.29, 1.82) is 0 Å². The summed E-state index contributed by atoms with van der Waals surface area (Å²) >= 11 is 0. The lowest BCUT2D eigenvalue weighted by Gasteiger charge is -2.10. The molecule has 1 aliphatic rings. The first-order valence-corrected chi connectivity index (χ1v) is 5.61. The highest BCUT2D eigenvalue weighted by Gasteiger charge is 2.16. The van der Waals surface area contributed by atoms with Crippen LogP contribution in [0.1, 0.15) is 6.42 Å². The van der Waals surface area contributed by atoms with E-state index in [0.717, 1.165) is 31.7 Å². The third-order valence-electron chi connectivity index (χ3n) is 2.89. The number of hydrogen-bond acceptors (Lipinski definition) is 6. The molecule has 0 saturated carbocycles. The van der Waals surface area contributed by atoms with E-state index in [1.807, 2.05) is 0 Å². The Kier molecular flexibility index (Phi) is 2.52. The third-order valence-corrected chi connectivity index (χ3v) is 2.89. The number of aromatic nitrogens is 4. The summed E-state index contributed by atoms with van der Waals surface area (Å²) in [5.41, 5.74) is 7.00. The van der Waals surface area contributed by atoms with Gasteiger partial charge in [-0.05, 0) is 6.42 Å². The van der Waals surface area contributed by atoms with Crippen LogP contribution in [0, 0.1) is 5.92 Å². The predicted molar refractivity (Wildman–Crippen MR) is 63.5 cm³/mol. The number of aromatic amines is 1. The van der Waals surface area contributed by atoms with Crippen molar-refractivity contribution in [2.75, 3.05) is 30.8 Å². The first-order chi connectivity index (χ1) is 8.33. The van der Waals surface area contributed by atoms with Gasteiger partial charge in [-0.2, -0.15) is 9.97 Å². The van der Waals surface area contributed by atoms with Crippen molar-refractivity contribution in [2.45, 2.75) is 6.42 Å². The smallest absolute Gasteiger partial charge is 0.224 e. The Labute approximate surface area is 97.8 Å². The number of nitrogen functional groups attached to an aromatic ring is 1. The Morgan fingerprint density at radius 3 is 3.29 bits per heavy atom. The van der Waals surface area contributed by atoms with E-state index in [-0.39, 0.29) is 5.95 Å². The average molecular weight is 234 g/mol. The molecule has 7 nitrogen and oxygen atoms in total. The van der Waals surface area contributed by atoms with Gasteiger partial charge in [0.05, 0.1) is 12.9 Å². The molecule has 4 N–H and O–H groups in total. The summed E-state index contributed by atoms with van der Waals surface area (Å²) in [6, 6.07) is 0. The van der Waals surface area contributed by atoms with Crippen molar-refractivity contribution < 1.29 is 4.74 Å². The van der Waals surface area contributed by atoms with Crippen molar-refractivity contribution in [3.8, 4) is 0 Å². The quantitative estimate of drug-likeness (QED) is 0.709. The zero-order valence-electron chi connectivity index (χ0n) is 9.31. The van der Waals surface area contributed by atoms with Crippen molar-refractivity contribution in [3.63, 3.8) is 0 Å². The minimum atomic E-state index is 0.231. The molecule has 1 saturated heterocycles. The van der Waals surface area contributed by atoms with E-state index in [0.29, 0.717) is 17.4 Å². The fourth-order valence-electron chi connectivity index (χ4n) is 1.96. The van der Waals surface area contributed by atoms with E-state index >= 15 is 0 Å². The van der Waals surface area contributed by atoms with Gasteiger partial charge in [-0.3, -0.25) is 0 Å². The van der Waals surface area contributed by atoms with Gasteiger partial charge >= 0.3 is 0 Å². The molecule has 2 aromatic heterocycles. The molecule has 90 valence electrons. The number of fused-ring (bicyclic) bond motifs is 1. The van der Waals surface area contributed by atoms with E-state index in [9.17, 15) is 0 Å². The van der Waals surface area contributed by atoms with Crippen molar-refractivity contribution >= 4 is 22.9 Å². The maximum atomic E-state index is 5.63. The van der Waals surface area contributed by atoms with Crippen LogP contribution in [0.4, 0.5) is 11.8 Å². The van der Waals surface area contributed by atoms with E-state index in [1.54, 1.807) is 6.33 Å². The molecule has 0 radical (unpaired) electrons. The summed E-state index contributed by atoms with van der Waals surface area (Å²) in [6.07, 6.45) is 2.67. The summed E-state index contributed by atoms with van der Waals surface area (Å²) in [7, 11) is 0. The van der Waals surface area contributed by atoms with Crippen molar-refractivity contribution in [2.24, 2.45) is 5.92 Å². The lowest BCUT2D eigenvalue weighted by atomic mass is 10.1. The number of anilines is 2. The molecule has 3 heterocycles. The molecule has 1 aliphatic heterocycles. The first kappa shape index (κ1) is 10.3. The number of H-pyrrole nitrogens is 1. The molecule has 0 aromatic carbocycles. The van der Waals surface area contributed by atoms with Gasteiger partial charge < -0.3 is 20.8 Å². The van der Waals surface area contributed by atoms with E-state index in [1.165, 1.54) is 0 Å². The van der Waals surface area contributed by atoms with Gasteiger partial charge in [0, 0.05) is 19.1 Å². The number of nitrogens with one attached hydrogen (secondary N) is 2. The molecule has 7 heteroatoms. The second kappa shape index (κ2) is 4.17. The normalized spacial score (nSPS) is 19.9. The summed E-state index contributed by atoms with van der Waals surface area (Å²) in [5, 5.41) is 3.27. The van der Waals surface area contributed by atoms with Gasteiger partial charge in [-0.15, -0.1) is 0 Å². The summed E-state index contributed by atoms with van der Waals surface area (Å²) in [4.78, 5) is 15.3. The van der Waals surface area contributed by atoms with Crippen LogP contribution in [-0.2, 0) is 4.74 Å². The molecule has 3 rings (SSSR count). The maximum absolute atomic E-state index is 5.63. The van der Waals surface area contributed by atoms with Crippen LogP contribution in [0.15, 0.2) is 6.33 Å². The molecule has 17 heavy (non-hydrogen) atoms. The zero-order valence-corrected chi connectivity index (χ0v) is 9.31. The van der Waals surface area contributed by atoms with Crippen LogP contribution in [0.3, 0.4) is 0 Å². The van der Waals surface area contributed by atoms with E-state index in [4.69, 9.17) is 10.5 Å². The lowest BCUT2D eigenvalue weighted by molar-refractivity contribution is 0.187. The topological polar surface area (TPSA) is 102 Å². The van der Waals surface area contributed by atoms with Crippen molar-refractivity contribution in [3.05, 3.63) is 6.33 Å². The highest BCUT2D eigenvalue weighted by atomic mass is 16.5. The molecule has 0 aliphatic carbocycles. The Morgan fingerprint density at radius 2 is 2.47 bits per heavy atom. The standard InChI is InChI=1S/C10H14N6O/c11-10-15-8(7-9(16-10)14-5-13-7)12-3-6-1-2-17-4-6/h5-6H,1-4H2,(H4,11,12,13,14,15,16). The minimum Gasteiger partial charge on any atom is -0.381 e. The highest BCUT2D eigenvalue weighted by Crippen LogP contribution is 2.19. The van der Waals surface area contributed by atoms with Gasteiger partial charge in [0.15, 0.2) is 11.5 Å². The molecule has 1 fully saturated rings. The highest BCUT2D eigenvalue weighted by molar-refractivity contribution is 5.83. The van der Waals surface area contributed by atoms with Gasteiger partial charge in [-0.25, -0.2) is 4.98 Å². The van der Waals surface area contributed by atoms with E-state index in [2.05, 4.69) is 25.3 Å². The van der Waals surface area contributed by atoms with Crippen LogP contribution in [0.5, 0.6) is 0 Å². The fourth-order valence-corrected chi connectivity index (χ4v) is 1.96. The minimum absolute atomic E-state index is 0.231. The van der Waals surface area contributed by atoms with E-state index < -0.39 is 0 Å². The zero-order chi connectivity index (χ0) is 11.7. The molecule has 0 bridgehead atoms. The Morgan fingerprint density at radius 1 is 1.53 bits per heavy atom. The molecule has 1 unspecified atom stereocenters. The second-order valence-corrected chi connectivity index (χ2v) is 4.14. The molecular weight excluding hydrogens is 220 g/mol. The van der Waals surface area contributed by atoms with Crippen LogP contribution >= 0.6 is 0 Å². The largest absolute Gasteiger partial charge is 0.381 e. The molecule has 0 amide bonds. The van der Waals surface area contributed by atoms with Crippen LogP contribution in [-0.4, -0.2) is 39.7 Å². The Balaban J connectivity index is 1.81. The van der Waals surface area contributed by atoms with Gasteiger partial charge in [0.1, 0.15) is 5.52 Å². The van der Waals surface area contributed by atoms with Crippen LogP contribution < -0.4 is 11.1 Å². The number of imidazole rings is 1. The third kappa shape index (κ3) is 2.01. The molecule has 1 atom stereocenters. The number of hydrogen-bond donors (Lipinski definition) is 3. The predicted octanol–water partition coefficient (Wildman–Crippen LogP) is 0.383. The summed E-state index contributed by atoms with van der Waals surface area (Å²) in [5.74, 6) is 1.47. The van der Waals surface area contributed by atoms with Gasteiger partial charge in [-0.1, -0.05) is 0 Å². The maximum Gasteiger partial charge on any atom is 0.224 e. The number of rotatable bonds is 3. The molecular formula is C10H14N6O. The lowest BCUT2D eigenvalue weighted by Crippen LogP contribution is -2.15. The molecule has 0 spiro atoms. The number of ether oxygens (including phenoxy) is 1. The number of nitrogens with two attached hydrogens (primary N) is 1. The Hall–Kier alpha value is -1.89. The van der Waals surface area contributed by atoms with Gasteiger partial charge in [0.2, 0.25) is 5.95 Å². The SMILES string of the molecule is Nc1nc(NCC2CCOC2)c2[nH]cnc2n1. The van der Waals surface area contributed by atoms with Crippen LogP contribution in [0.25, 0.3) is 11.2 Å².